The third kappa shape index (κ3) is 3.92. The molecule has 2 rings (SSSR count). The number of sulfonamides is 1. The molecule has 0 fully saturated rings. The van der Waals surface area contributed by atoms with Gasteiger partial charge in [-0.1, -0.05) is 12.1 Å². The zero-order valence-corrected chi connectivity index (χ0v) is 14.1. The Morgan fingerprint density at radius 3 is 2.70 bits per heavy atom. The summed E-state index contributed by atoms with van der Waals surface area (Å²) in [6, 6.07) is 4.15. The van der Waals surface area contributed by atoms with E-state index in [-0.39, 0.29) is 23.4 Å². The van der Waals surface area contributed by atoms with Crippen LogP contribution in [-0.2, 0) is 16.4 Å². The SMILES string of the molecule is Cc1cccc(S(=O)(=O)NCCc2nc(C)c(C(=O)O)s2)c1F. The van der Waals surface area contributed by atoms with Crippen molar-refractivity contribution in [2.45, 2.75) is 25.2 Å². The van der Waals surface area contributed by atoms with Crippen LogP contribution in [0.2, 0.25) is 0 Å². The molecule has 0 radical (unpaired) electrons. The standard InChI is InChI=1S/C14H15FN2O4S2/c1-8-4-3-5-10(12(8)15)23(20,21)16-7-6-11-17-9(2)13(22-11)14(18)19/h3-5,16H,6-7H2,1-2H3,(H,18,19). The maximum absolute atomic E-state index is 13.9. The fourth-order valence-electron chi connectivity index (χ4n) is 1.96. The van der Waals surface area contributed by atoms with E-state index in [1.165, 1.54) is 25.1 Å². The molecule has 0 unspecified atom stereocenters. The van der Waals surface area contributed by atoms with E-state index in [1.54, 1.807) is 6.92 Å². The van der Waals surface area contributed by atoms with Crippen LogP contribution in [0.25, 0.3) is 0 Å². The Bertz CT molecular complexity index is 846. The van der Waals surface area contributed by atoms with Gasteiger partial charge >= 0.3 is 5.97 Å². The molecule has 2 N–H and O–H groups in total. The molecule has 0 aliphatic heterocycles. The van der Waals surface area contributed by atoms with Gasteiger partial charge in [0, 0.05) is 13.0 Å². The third-order valence-corrected chi connectivity index (χ3v) is 5.80. The van der Waals surface area contributed by atoms with Gasteiger partial charge in [0.15, 0.2) is 0 Å². The molecule has 0 aliphatic carbocycles. The first-order valence-electron chi connectivity index (χ1n) is 6.66. The number of nitrogens with one attached hydrogen (secondary N) is 1. The lowest BCUT2D eigenvalue weighted by molar-refractivity contribution is 0.0701. The quantitative estimate of drug-likeness (QED) is 0.824. The number of hydrogen-bond donors (Lipinski definition) is 2. The Morgan fingerprint density at radius 1 is 1.39 bits per heavy atom. The van der Waals surface area contributed by atoms with E-state index < -0.39 is 26.7 Å². The molecule has 0 bridgehead atoms. The van der Waals surface area contributed by atoms with Crippen LogP contribution in [0.1, 0.15) is 25.9 Å². The van der Waals surface area contributed by atoms with E-state index in [2.05, 4.69) is 9.71 Å². The molecule has 0 spiro atoms. The van der Waals surface area contributed by atoms with Crippen LogP contribution in [0.5, 0.6) is 0 Å². The second-order valence-corrected chi connectivity index (χ2v) is 7.68. The van der Waals surface area contributed by atoms with Crippen LogP contribution in [0, 0.1) is 19.7 Å². The van der Waals surface area contributed by atoms with Gasteiger partial charge in [-0.25, -0.2) is 27.3 Å². The summed E-state index contributed by atoms with van der Waals surface area (Å²) in [5.41, 5.74) is 0.639. The van der Waals surface area contributed by atoms with Crippen LogP contribution >= 0.6 is 11.3 Å². The topological polar surface area (TPSA) is 96.4 Å². The van der Waals surface area contributed by atoms with E-state index in [4.69, 9.17) is 5.11 Å². The molecule has 2 aromatic rings. The highest BCUT2D eigenvalue weighted by Gasteiger charge is 2.20. The highest BCUT2D eigenvalue weighted by atomic mass is 32.2. The Balaban J connectivity index is 2.07. The van der Waals surface area contributed by atoms with Gasteiger partial charge in [-0.15, -0.1) is 11.3 Å². The number of carbonyl (C=O) groups is 1. The average molecular weight is 358 g/mol. The Morgan fingerprint density at radius 2 is 2.09 bits per heavy atom. The van der Waals surface area contributed by atoms with Gasteiger partial charge in [-0.2, -0.15) is 0 Å². The second kappa shape index (κ2) is 6.73. The molecule has 9 heteroatoms. The molecule has 0 amide bonds. The predicted molar refractivity (Wildman–Crippen MR) is 83.8 cm³/mol. The minimum absolute atomic E-state index is 0.00171. The Kier molecular flexibility index (Phi) is 5.12. The van der Waals surface area contributed by atoms with Gasteiger partial charge in [-0.05, 0) is 25.5 Å². The number of rotatable bonds is 6. The first-order valence-corrected chi connectivity index (χ1v) is 8.96. The van der Waals surface area contributed by atoms with Gasteiger partial charge in [0.25, 0.3) is 0 Å². The number of aryl methyl sites for hydroxylation is 2. The smallest absolute Gasteiger partial charge is 0.347 e. The zero-order valence-electron chi connectivity index (χ0n) is 12.5. The Labute approximate surface area is 137 Å². The van der Waals surface area contributed by atoms with Crippen LogP contribution < -0.4 is 4.72 Å². The van der Waals surface area contributed by atoms with Crippen molar-refractivity contribution in [2.75, 3.05) is 6.54 Å². The average Bonchev–Trinajstić information content (AvgIpc) is 2.82. The van der Waals surface area contributed by atoms with Crippen molar-refractivity contribution in [3.63, 3.8) is 0 Å². The van der Waals surface area contributed by atoms with Crippen LogP contribution in [-0.4, -0.2) is 31.0 Å². The highest BCUT2D eigenvalue weighted by molar-refractivity contribution is 7.89. The summed E-state index contributed by atoms with van der Waals surface area (Å²) in [7, 11) is -3.97. The lowest BCUT2D eigenvalue weighted by Crippen LogP contribution is -2.27. The summed E-state index contributed by atoms with van der Waals surface area (Å²) < 4.78 is 40.4. The molecule has 0 saturated carbocycles. The number of aromatic carboxylic acids is 1. The molecule has 23 heavy (non-hydrogen) atoms. The summed E-state index contributed by atoms with van der Waals surface area (Å²) in [6.45, 7) is 3.07. The summed E-state index contributed by atoms with van der Waals surface area (Å²) in [5.74, 6) is -1.84. The van der Waals surface area contributed by atoms with Crippen molar-refractivity contribution in [3.05, 3.63) is 45.2 Å². The van der Waals surface area contributed by atoms with E-state index in [0.29, 0.717) is 10.7 Å². The van der Waals surface area contributed by atoms with Crippen LogP contribution in [0.4, 0.5) is 4.39 Å². The monoisotopic (exact) mass is 358 g/mol. The largest absolute Gasteiger partial charge is 0.477 e. The summed E-state index contributed by atoms with van der Waals surface area (Å²) in [5, 5.41) is 9.46. The lowest BCUT2D eigenvalue weighted by Gasteiger charge is -2.08. The molecule has 6 nitrogen and oxygen atoms in total. The van der Waals surface area contributed by atoms with Crippen LogP contribution in [0.3, 0.4) is 0 Å². The van der Waals surface area contributed by atoms with Gasteiger partial charge in [-0.3, -0.25) is 0 Å². The molecule has 124 valence electrons. The summed E-state index contributed by atoms with van der Waals surface area (Å²) in [4.78, 5) is 14.8. The van der Waals surface area contributed by atoms with Crippen molar-refractivity contribution in [2.24, 2.45) is 0 Å². The van der Waals surface area contributed by atoms with E-state index in [9.17, 15) is 17.6 Å². The van der Waals surface area contributed by atoms with E-state index in [1.807, 2.05) is 0 Å². The van der Waals surface area contributed by atoms with Gasteiger partial charge < -0.3 is 5.11 Å². The van der Waals surface area contributed by atoms with Gasteiger partial charge in [0.2, 0.25) is 10.0 Å². The predicted octanol–water partition coefficient (Wildman–Crippen LogP) is 2.12. The number of nitrogens with zero attached hydrogens (tertiary/aromatic N) is 1. The maximum Gasteiger partial charge on any atom is 0.347 e. The van der Waals surface area contributed by atoms with Crippen molar-refractivity contribution in [1.82, 2.24) is 9.71 Å². The molecular formula is C14H15FN2O4S2. The number of carboxylic acids is 1. The van der Waals surface area contributed by atoms with E-state index in [0.717, 1.165) is 11.3 Å². The third-order valence-electron chi connectivity index (χ3n) is 3.11. The van der Waals surface area contributed by atoms with Crippen LogP contribution in [0.15, 0.2) is 23.1 Å². The number of carboxylic acid groups (broad SMARTS) is 1. The number of thiazole rings is 1. The van der Waals surface area contributed by atoms with Crippen molar-refractivity contribution >= 4 is 27.3 Å². The number of hydrogen-bond acceptors (Lipinski definition) is 5. The number of aromatic nitrogens is 1. The Hall–Kier alpha value is -1.84. The molecule has 0 aliphatic rings. The van der Waals surface area contributed by atoms with E-state index >= 15 is 0 Å². The van der Waals surface area contributed by atoms with Gasteiger partial charge in [0.1, 0.15) is 15.6 Å². The summed E-state index contributed by atoms with van der Waals surface area (Å²) in [6.07, 6.45) is 0.228. The normalized spacial score (nSPS) is 11.6. The maximum atomic E-state index is 13.9. The zero-order chi connectivity index (χ0) is 17.2. The second-order valence-electron chi connectivity index (χ2n) is 4.86. The molecule has 0 atom stereocenters. The molecule has 1 heterocycles. The minimum atomic E-state index is -3.97. The first-order chi connectivity index (χ1) is 10.7. The molecule has 1 aromatic carbocycles. The molecular weight excluding hydrogens is 343 g/mol. The number of halogens is 1. The lowest BCUT2D eigenvalue weighted by atomic mass is 10.2. The minimum Gasteiger partial charge on any atom is -0.477 e. The van der Waals surface area contributed by atoms with Crippen molar-refractivity contribution in [1.29, 1.82) is 0 Å². The summed E-state index contributed by atoms with van der Waals surface area (Å²) >= 11 is 1.00. The van der Waals surface area contributed by atoms with Gasteiger partial charge in [0.05, 0.1) is 10.7 Å². The van der Waals surface area contributed by atoms with Crippen molar-refractivity contribution in [3.8, 4) is 0 Å². The molecule has 1 aromatic heterocycles. The number of benzene rings is 1. The highest BCUT2D eigenvalue weighted by Crippen LogP contribution is 2.19. The fraction of sp³-hybridized carbons (Fsp3) is 0.286. The fourth-order valence-corrected chi connectivity index (χ4v) is 4.04. The first kappa shape index (κ1) is 17.5. The molecule has 0 saturated heterocycles. The van der Waals surface area contributed by atoms with Crippen molar-refractivity contribution < 1.29 is 22.7 Å².